The van der Waals surface area contributed by atoms with Crippen molar-refractivity contribution in [3.05, 3.63) is 45.8 Å². The van der Waals surface area contributed by atoms with E-state index in [1.807, 2.05) is 26.8 Å². The molecule has 7 heteroatoms. The lowest BCUT2D eigenvalue weighted by Crippen LogP contribution is -2.53. The first-order valence-electron chi connectivity index (χ1n) is 11.9. The number of carbonyl (C=O) groups is 3. The zero-order valence-electron chi connectivity index (χ0n) is 20.6. The second kappa shape index (κ2) is 9.27. The Balaban J connectivity index is 2.03. The van der Waals surface area contributed by atoms with Crippen molar-refractivity contribution in [3.8, 4) is 0 Å². The number of allylic oxidation sites excluding steroid dienone is 5. The van der Waals surface area contributed by atoms with Gasteiger partial charge in [-0.25, -0.2) is 4.79 Å². The quantitative estimate of drug-likeness (QED) is 0.191. The van der Waals surface area contributed by atoms with Gasteiger partial charge >= 0.3 is 5.97 Å². The van der Waals surface area contributed by atoms with Gasteiger partial charge < -0.3 is 20.4 Å². The summed E-state index contributed by atoms with van der Waals surface area (Å²) < 4.78 is 0. The second-order valence-corrected chi connectivity index (χ2v) is 10.7. The number of carbonyl (C=O) groups excluding carboxylic acids is 2. The van der Waals surface area contributed by atoms with Gasteiger partial charge in [0.15, 0.2) is 0 Å². The number of ketones is 2. The molecule has 4 N–H and O–H groups in total. The Hall–Kier alpha value is -2.51. The maximum Gasteiger partial charge on any atom is 0.331 e. The number of aliphatic hydroxyl groups excluding tert-OH is 2. The average molecular weight is 473 g/mol. The zero-order chi connectivity index (χ0) is 25.6. The number of carboxylic acids is 1. The zero-order valence-corrected chi connectivity index (χ0v) is 20.6. The Labute approximate surface area is 200 Å². The second-order valence-electron chi connectivity index (χ2n) is 10.7. The Morgan fingerprint density at radius 1 is 1.12 bits per heavy atom. The molecule has 0 amide bonds. The molecule has 0 heterocycles. The fraction of sp³-hybridized carbons (Fsp3) is 0.593. The summed E-state index contributed by atoms with van der Waals surface area (Å²) in [5.74, 6) is -3.82. The minimum atomic E-state index is -1.27. The van der Waals surface area contributed by atoms with Crippen LogP contribution in [0.1, 0.15) is 73.1 Å². The summed E-state index contributed by atoms with van der Waals surface area (Å²) in [7, 11) is 0. The van der Waals surface area contributed by atoms with Crippen molar-refractivity contribution in [2.45, 2.75) is 84.8 Å². The van der Waals surface area contributed by atoms with Crippen molar-refractivity contribution in [2.75, 3.05) is 0 Å². The Kier molecular flexibility index (Phi) is 7.11. The molecule has 0 radical (unpaired) electrons. The Bertz CT molecular complexity index is 1040. The lowest BCUT2D eigenvalue weighted by molar-refractivity contribution is -0.135. The molecule has 0 bridgehead atoms. The van der Waals surface area contributed by atoms with Gasteiger partial charge in [-0.2, -0.15) is 0 Å². The summed E-state index contributed by atoms with van der Waals surface area (Å²) in [6, 6.07) is 0. The number of hydrogen-bond donors (Lipinski definition) is 4. The van der Waals surface area contributed by atoms with Crippen molar-refractivity contribution in [1.82, 2.24) is 0 Å². The average Bonchev–Trinajstić information content (AvgIpc) is 3.07. The lowest BCUT2D eigenvalue weighted by Gasteiger charge is -2.50. The number of carboxylic acid groups (broad SMARTS) is 1. The molecule has 0 saturated heterocycles. The van der Waals surface area contributed by atoms with Crippen LogP contribution in [0.2, 0.25) is 0 Å². The number of hydrogen-bond acceptors (Lipinski definition) is 6. The largest absolute Gasteiger partial charge is 0.507 e. The van der Waals surface area contributed by atoms with Crippen LogP contribution in [0, 0.1) is 17.3 Å². The van der Waals surface area contributed by atoms with Crippen LogP contribution in [-0.2, 0) is 14.4 Å². The normalized spacial score (nSPS) is 33.7. The molecule has 1 fully saturated rings. The van der Waals surface area contributed by atoms with Crippen LogP contribution in [-0.4, -0.2) is 49.7 Å². The third kappa shape index (κ3) is 4.31. The van der Waals surface area contributed by atoms with E-state index in [1.165, 1.54) is 6.92 Å². The summed E-state index contributed by atoms with van der Waals surface area (Å²) in [4.78, 5) is 37.6. The third-order valence-electron chi connectivity index (χ3n) is 8.09. The first-order chi connectivity index (χ1) is 15.7. The lowest BCUT2D eigenvalue weighted by atomic mass is 9.54. The van der Waals surface area contributed by atoms with Gasteiger partial charge in [0.25, 0.3) is 0 Å². The summed E-state index contributed by atoms with van der Waals surface area (Å²) in [6.07, 6.45) is 5.01. The highest BCUT2D eigenvalue weighted by atomic mass is 16.4. The standard InChI is InChI=1S/C27H36O7/c1-14(2)8-6-9-16(25(32)33)10-7-12-26(4)17-11-13-27(5,34)19(17)23(30)18-20(26)24(31)22(29)15(3)21(18)28/h8,10,17,19,23,28,30,34H,6-7,9,11-13H2,1-5H3,(H,32,33)/b16-10-/t17-,19-,23+,26+,27-/m0/s1. The van der Waals surface area contributed by atoms with Crippen LogP contribution >= 0.6 is 0 Å². The topological polar surface area (TPSA) is 132 Å². The first-order valence-corrected chi connectivity index (χ1v) is 11.9. The van der Waals surface area contributed by atoms with Crippen molar-refractivity contribution in [1.29, 1.82) is 0 Å². The number of aliphatic hydroxyl groups is 3. The van der Waals surface area contributed by atoms with Crippen molar-refractivity contribution in [2.24, 2.45) is 17.3 Å². The molecule has 3 rings (SSSR count). The maximum absolute atomic E-state index is 13.2. The van der Waals surface area contributed by atoms with E-state index in [0.29, 0.717) is 38.5 Å². The molecule has 3 aliphatic rings. The molecule has 0 aromatic heterocycles. The van der Waals surface area contributed by atoms with E-state index in [1.54, 1.807) is 13.0 Å². The SMILES string of the molecule is CC(C)=CCC/C(=C/CC[C@@]1(C)C2=C(C(O)=C(C)C(=O)C2=O)[C@@H](O)[C@@H]2[C@@H]1CC[C@]2(C)O)C(=O)O. The van der Waals surface area contributed by atoms with Crippen LogP contribution in [0.5, 0.6) is 0 Å². The van der Waals surface area contributed by atoms with E-state index in [0.717, 1.165) is 5.57 Å². The molecule has 3 aliphatic carbocycles. The molecule has 186 valence electrons. The summed E-state index contributed by atoms with van der Waals surface area (Å²) in [5, 5.41) is 42.7. The van der Waals surface area contributed by atoms with Crippen molar-refractivity contribution < 1.29 is 34.8 Å². The number of Topliss-reactive ketones (excluding diaryl/α,β-unsaturated/α-hetero) is 2. The molecule has 0 spiro atoms. The molecular formula is C27H36O7. The van der Waals surface area contributed by atoms with E-state index >= 15 is 0 Å². The van der Waals surface area contributed by atoms with Gasteiger partial charge in [0.2, 0.25) is 11.6 Å². The highest BCUT2D eigenvalue weighted by Crippen LogP contribution is 2.61. The molecule has 0 aromatic rings. The smallest absolute Gasteiger partial charge is 0.331 e. The van der Waals surface area contributed by atoms with Gasteiger partial charge in [-0.3, -0.25) is 9.59 Å². The monoisotopic (exact) mass is 472 g/mol. The molecule has 0 aliphatic heterocycles. The van der Waals surface area contributed by atoms with E-state index in [2.05, 4.69) is 0 Å². The number of fused-ring (bicyclic) bond motifs is 1. The maximum atomic E-state index is 13.2. The van der Waals surface area contributed by atoms with E-state index in [9.17, 15) is 34.8 Å². The highest BCUT2D eigenvalue weighted by molar-refractivity contribution is 6.50. The van der Waals surface area contributed by atoms with Crippen molar-refractivity contribution >= 4 is 17.5 Å². The molecule has 34 heavy (non-hydrogen) atoms. The Morgan fingerprint density at radius 3 is 2.35 bits per heavy atom. The summed E-state index contributed by atoms with van der Waals surface area (Å²) in [6.45, 7) is 8.76. The summed E-state index contributed by atoms with van der Waals surface area (Å²) >= 11 is 0. The number of rotatable bonds is 7. The number of aliphatic carboxylic acids is 1. The molecule has 1 saturated carbocycles. The van der Waals surface area contributed by atoms with Crippen molar-refractivity contribution in [3.63, 3.8) is 0 Å². The van der Waals surface area contributed by atoms with Crippen LogP contribution in [0.15, 0.2) is 45.8 Å². The highest BCUT2D eigenvalue weighted by Gasteiger charge is 2.62. The molecule has 5 atom stereocenters. The minimum absolute atomic E-state index is 0.0408. The van der Waals surface area contributed by atoms with E-state index < -0.39 is 40.6 Å². The van der Waals surface area contributed by atoms with Crippen LogP contribution in [0.4, 0.5) is 0 Å². The van der Waals surface area contributed by atoms with Crippen LogP contribution in [0.3, 0.4) is 0 Å². The molecule has 7 nitrogen and oxygen atoms in total. The van der Waals surface area contributed by atoms with Crippen LogP contribution in [0.25, 0.3) is 0 Å². The predicted octanol–water partition coefficient (Wildman–Crippen LogP) is 3.96. The Morgan fingerprint density at radius 2 is 1.76 bits per heavy atom. The van der Waals surface area contributed by atoms with Gasteiger partial charge in [-0.05, 0) is 72.1 Å². The van der Waals surface area contributed by atoms with Gasteiger partial charge in [-0.1, -0.05) is 24.6 Å². The third-order valence-corrected chi connectivity index (χ3v) is 8.09. The predicted molar refractivity (Wildman–Crippen MR) is 127 cm³/mol. The fourth-order valence-electron chi connectivity index (χ4n) is 6.23. The van der Waals surface area contributed by atoms with Crippen LogP contribution < -0.4 is 0 Å². The van der Waals surface area contributed by atoms with Gasteiger partial charge in [0.1, 0.15) is 5.76 Å². The van der Waals surface area contributed by atoms with E-state index in [-0.39, 0.29) is 34.0 Å². The van der Waals surface area contributed by atoms with Gasteiger partial charge in [-0.15, -0.1) is 0 Å². The van der Waals surface area contributed by atoms with Gasteiger partial charge in [0.05, 0.1) is 11.7 Å². The fourth-order valence-corrected chi connectivity index (χ4v) is 6.23. The van der Waals surface area contributed by atoms with Gasteiger partial charge in [0, 0.05) is 33.6 Å². The molecule has 0 aromatic carbocycles. The first kappa shape index (κ1) is 26.1. The van der Waals surface area contributed by atoms with E-state index in [4.69, 9.17) is 0 Å². The summed E-state index contributed by atoms with van der Waals surface area (Å²) in [5.41, 5.74) is -0.670. The molecular weight excluding hydrogens is 436 g/mol. The molecule has 0 unspecified atom stereocenters. The minimum Gasteiger partial charge on any atom is -0.507 e.